The summed E-state index contributed by atoms with van der Waals surface area (Å²) in [5.74, 6) is 0.459. The van der Waals surface area contributed by atoms with Gasteiger partial charge in [-0.2, -0.15) is 5.10 Å². The molecule has 2 N–H and O–H groups in total. The van der Waals surface area contributed by atoms with Gasteiger partial charge in [-0.1, -0.05) is 0 Å². The molecular weight excluding hydrogens is 267 g/mol. The maximum atomic E-state index is 6.01. The van der Waals surface area contributed by atoms with Crippen LogP contribution in [0, 0.1) is 0 Å². The largest absolute Gasteiger partial charge is 0.498 e. The molecule has 0 amide bonds. The average molecular weight is 286 g/mol. The summed E-state index contributed by atoms with van der Waals surface area (Å²) >= 11 is 0. The fraction of sp³-hybridized carbons (Fsp3) is 0.429. The van der Waals surface area contributed by atoms with E-state index in [1.807, 2.05) is 40.0 Å². The molecule has 0 bridgehead atoms. The molecule has 21 heavy (non-hydrogen) atoms. The molecule has 0 radical (unpaired) electrons. The van der Waals surface area contributed by atoms with E-state index in [4.69, 9.17) is 15.0 Å². The third-order valence-electron chi connectivity index (χ3n) is 4.16. The van der Waals surface area contributed by atoms with Gasteiger partial charge in [-0.15, -0.1) is 0 Å². The van der Waals surface area contributed by atoms with Crippen molar-refractivity contribution in [1.29, 1.82) is 0 Å². The van der Waals surface area contributed by atoms with Crippen LogP contribution in [-0.2, 0) is 9.31 Å². The molecule has 6 nitrogen and oxygen atoms in total. The predicted molar refractivity (Wildman–Crippen MR) is 81.5 cm³/mol. The van der Waals surface area contributed by atoms with E-state index < -0.39 is 7.12 Å². The Morgan fingerprint density at radius 3 is 2.48 bits per heavy atom. The summed E-state index contributed by atoms with van der Waals surface area (Å²) in [6.07, 6.45) is 5.29. The first-order valence-electron chi connectivity index (χ1n) is 6.91. The van der Waals surface area contributed by atoms with Crippen LogP contribution in [0.2, 0.25) is 0 Å². The van der Waals surface area contributed by atoms with Crippen molar-refractivity contribution in [2.45, 2.75) is 38.9 Å². The van der Waals surface area contributed by atoms with Gasteiger partial charge in [0.25, 0.3) is 0 Å². The smallest absolute Gasteiger partial charge is 0.399 e. The van der Waals surface area contributed by atoms with Crippen molar-refractivity contribution < 1.29 is 9.31 Å². The number of aromatic nitrogens is 3. The van der Waals surface area contributed by atoms with E-state index in [1.54, 1.807) is 23.1 Å². The number of hydrogen-bond donors (Lipinski definition) is 1. The molecule has 0 unspecified atom stereocenters. The second-order valence-electron chi connectivity index (χ2n) is 6.25. The van der Waals surface area contributed by atoms with Gasteiger partial charge in [-0.25, -0.2) is 9.67 Å². The highest BCUT2D eigenvalue weighted by Gasteiger charge is 2.52. The lowest BCUT2D eigenvalue weighted by molar-refractivity contribution is 0.00578. The first kappa shape index (κ1) is 14.1. The number of hydrogen-bond acceptors (Lipinski definition) is 5. The predicted octanol–water partition coefficient (Wildman–Crippen LogP) is 1.15. The Morgan fingerprint density at radius 1 is 1.19 bits per heavy atom. The molecule has 1 aliphatic heterocycles. The van der Waals surface area contributed by atoms with Crippen LogP contribution in [0.5, 0.6) is 0 Å². The van der Waals surface area contributed by atoms with Crippen molar-refractivity contribution >= 4 is 18.4 Å². The normalized spacial score (nSPS) is 19.9. The van der Waals surface area contributed by atoms with Gasteiger partial charge < -0.3 is 15.0 Å². The van der Waals surface area contributed by atoms with Crippen LogP contribution in [0.3, 0.4) is 0 Å². The minimum Gasteiger partial charge on any atom is -0.399 e. The Balaban J connectivity index is 1.87. The third-order valence-corrected chi connectivity index (χ3v) is 4.16. The van der Waals surface area contributed by atoms with E-state index in [-0.39, 0.29) is 11.2 Å². The van der Waals surface area contributed by atoms with Crippen molar-refractivity contribution in [2.75, 3.05) is 5.73 Å². The molecule has 2 aromatic heterocycles. The molecule has 0 saturated carbocycles. The van der Waals surface area contributed by atoms with Gasteiger partial charge in [0, 0.05) is 30.1 Å². The Kier molecular flexibility index (Phi) is 3.07. The fourth-order valence-electron chi connectivity index (χ4n) is 2.16. The van der Waals surface area contributed by atoms with Gasteiger partial charge in [0.1, 0.15) is 5.82 Å². The van der Waals surface area contributed by atoms with E-state index in [1.165, 1.54) is 0 Å². The number of nitrogens with two attached hydrogens (primary N) is 1. The van der Waals surface area contributed by atoms with Crippen LogP contribution >= 0.6 is 0 Å². The van der Waals surface area contributed by atoms with Crippen LogP contribution in [0.1, 0.15) is 27.7 Å². The monoisotopic (exact) mass is 286 g/mol. The first-order valence-corrected chi connectivity index (χ1v) is 6.91. The van der Waals surface area contributed by atoms with Crippen molar-refractivity contribution in [3.05, 3.63) is 30.7 Å². The maximum absolute atomic E-state index is 6.01. The lowest BCUT2D eigenvalue weighted by Crippen LogP contribution is -2.41. The summed E-state index contributed by atoms with van der Waals surface area (Å²) in [4.78, 5) is 3.97. The average Bonchev–Trinajstić information content (AvgIpc) is 2.93. The molecule has 3 rings (SSSR count). The maximum Gasteiger partial charge on any atom is 0.498 e. The highest BCUT2D eigenvalue weighted by molar-refractivity contribution is 6.62. The molecular formula is C14H19BN4O2. The van der Waals surface area contributed by atoms with Gasteiger partial charge in [0.2, 0.25) is 0 Å². The van der Waals surface area contributed by atoms with E-state index in [0.717, 1.165) is 11.2 Å². The van der Waals surface area contributed by atoms with E-state index >= 15 is 0 Å². The van der Waals surface area contributed by atoms with E-state index in [9.17, 15) is 0 Å². The van der Waals surface area contributed by atoms with Gasteiger partial charge >= 0.3 is 7.12 Å². The summed E-state index contributed by atoms with van der Waals surface area (Å²) in [5, 5.41) is 4.34. The van der Waals surface area contributed by atoms with Crippen LogP contribution in [-0.4, -0.2) is 33.1 Å². The van der Waals surface area contributed by atoms with Crippen molar-refractivity contribution in [3.8, 4) is 5.69 Å². The second-order valence-corrected chi connectivity index (χ2v) is 6.25. The summed E-state index contributed by atoms with van der Waals surface area (Å²) in [7, 11) is -0.414. The van der Waals surface area contributed by atoms with Crippen molar-refractivity contribution in [1.82, 2.24) is 14.8 Å². The topological polar surface area (TPSA) is 75.2 Å². The van der Waals surface area contributed by atoms with Crippen LogP contribution in [0.25, 0.3) is 5.69 Å². The Morgan fingerprint density at radius 2 is 1.86 bits per heavy atom. The molecule has 3 heterocycles. The minimum absolute atomic E-state index is 0.360. The SMILES string of the molecule is CC1(C)OB(c2cnn(-c3ccnc(N)c3)c2)OC1(C)C. The summed E-state index contributed by atoms with van der Waals surface area (Å²) < 4.78 is 13.8. The molecule has 7 heteroatoms. The fourth-order valence-corrected chi connectivity index (χ4v) is 2.16. The molecule has 0 spiro atoms. The second kappa shape index (κ2) is 4.57. The minimum atomic E-state index is -0.414. The molecule has 0 aromatic carbocycles. The Labute approximate surface area is 124 Å². The molecule has 2 aromatic rings. The Hall–Kier alpha value is -1.86. The lowest BCUT2D eigenvalue weighted by atomic mass is 9.82. The van der Waals surface area contributed by atoms with Gasteiger partial charge in [-0.05, 0) is 33.8 Å². The molecule has 110 valence electrons. The summed E-state index contributed by atoms with van der Waals surface area (Å²) in [6, 6.07) is 3.61. The number of nitrogens with zero attached hydrogens (tertiary/aromatic N) is 3. The Bertz CT molecular complexity index is 652. The quantitative estimate of drug-likeness (QED) is 0.838. The highest BCUT2D eigenvalue weighted by atomic mass is 16.7. The van der Waals surface area contributed by atoms with E-state index in [2.05, 4.69) is 10.1 Å². The van der Waals surface area contributed by atoms with Gasteiger partial charge in [-0.3, -0.25) is 0 Å². The lowest BCUT2D eigenvalue weighted by Gasteiger charge is -2.32. The van der Waals surface area contributed by atoms with Crippen LogP contribution < -0.4 is 11.2 Å². The zero-order valence-corrected chi connectivity index (χ0v) is 12.7. The third kappa shape index (κ3) is 2.43. The zero-order valence-electron chi connectivity index (χ0n) is 12.7. The van der Waals surface area contributed by atoms with Gasteiger partial charge in [0.15, 0.2) is 0 Å². The molecule has 0 aliphatic carbocycles. The molecule has 1 aliphatic rings. The van der Waals surface area contributed by atoms with Crippen LogP contribution in [0.4, 0.5) is 5.82 Å². The standard InChI is InChI=1S/C14H19BN4O2/c1-13(2)14(3,4)21-15(20-13)10-8-18-19(9-10)11-5-6-17-12(16)7-11/h5-9H,1-4H3,(H2,16,17). The van der Waals surface area contributed by atoms with E-state index in [0.29, 0.717) is 5.82 Å². The van der Waals surface area contributed by atoms with Crippen molar-refractivity contribution in [3.63, 3.8) is 0 Å². The number of pyridine rings is 1. The van der Waals surface area contributed by atoms with Crippen molar-refractivity contribution in [2.24, 2.45) is 0 Å². The molecule has 1 saturated heterocycles. The van der Waals surface area contributed by atoms with Gasteiger partial charge in [0.05, 0.1) is 16.9 Å². The zero-order chi connectivity index (χ0) is 15.3. The number of nitrogen functional groups attached to an aromatic ring is 1. The first-order chi connectivity index (χ1) is 9.78. The number of anilines is 1. The molecule has 0 atom stereocenters. The highest BCUT2D eigenvalue weighted by Crippen LogP contribution is 2.36. The van der Waals surface area contributed by atoms with Crippen LogP contribution in [0.15, 0.2) is 30.7 Å². The number of rotatable bonds is 2. The summed E-state index contributed by atoms with van der Waals surface area (Å²) in [5.41, 5.74) is 6.70. The summed E-state index contributed by atoms with van der Waals surface area (Å²) in [6.45, 7) is 8.12. The molecule has 1 fully saturated rings.